The van der Waals surface area contributed by atoms with E-state index < -0.39 is 28.0 Å². The van der Waals surface area contributed by atoms with Crippen LogP contribution in [-0.2, 0) is 14.8 Å². The SMILES string of the molecule is CS(=O)(=O)NC[C@H]1CN(c2ccc(-c3ccc(/C=N/N4CCCCC4)nc3)c(F)c2)C(=O)O1. The molecule has 2 aromatic rings. The van der Waals surface area contributed by atoms with Gasteiger partial charge in [-0.15, -0.1) is 0 Å². The van der Waals surface area contributed by atoms with Crippen molar-refractivity contribution in [1.82, 2.24) is 14.7 Å². The Bertz CT molecular complexity index is 1130. The molecule has 0 aliphatic carbocycles. The van der Waals surface area contributed by atoms with Gasteiger partial charge in [-0.05, 0) is 43.5 Å². The Labute approximate surface area is 192 Å². The van der Waals surface area contributed by atoms with E-state index in [9.17, 15) is 17.6 Å². The predicted molar refractivity (Wildman–Crippen MR) is 123 cm³/mol. The first-order valence-electron chi connectivity index (χ1n) is 10.8. The van der Waals surface area contributed by atoms with Crippen molar-refractivity contribution < 1.29 is 22.3 Å². The summed E-state index contributed by atoms with van der Waals surface area (Å²) in [7, 11) is -3.40. The maximum atomic E-state index is 14.9. The molecular formula is C22H26FN5O4S. The first kappa shape index (κ1) is 23.1. The van der Waals surface area contributed by atoms with Crippen LogP contribution < -0.4 is 9.62 Å². The summed E-state index contributed by atoms with van der Waals surface area (Å²) >= 11 is 0. The van der Waals surface area contributed by atoms with Gasteiger partial charge in [-0.1, -0.05) is 6.07 Å². The Morgan fingerprint density at radius 3 is 2.70 bits per heavy atom. The number of benzene rings is 1. The van der Waals surface area contributed by atoms with Gasteiger partial charge in [-0.25, -0.2) is 22.3 Å². The lowest BCUT2D eigenvalue weighted by atomic mass is 10.1. The highest BCUT2D eigenvalue weighted by molar-refractivity contribution is 7.88. The van der Waals surface area contributed by atoms with Crippen LogP contribution in [0.25, 0.3) is 11.1 Å². The highest BCUT2D eigenvalue weighted by atomic mass is 32.2. The molecule has 0 saturated carbocycles. The first-order valence-corrected chi connectivity index (χ1v) is 12.7. The summed E-state index contributed by atoms with van der Waals surface area (Å²) in [5.74, 6) is -0.505. The molecule has 2 aliphatic heterocycles. The molecular weight excluding hydrogens is 449 g/mol. The molecule has 1 aromatic carbocycles. The zero-order chi connectivity index (χ0) is 23.4. The van der Waals surface area contributed by atoms with Crippen LogP contribution in [0.15, 0.2) is 41.6 Å². The van der Waals surface area contributed by atoms with E-state index in [2.05, 4.69) is 14.8 Å². The van der Waals surface area contributed by atoms with E-state index in [-0.39, 0.29) is 13.1 Å². The molecule has 4 rings (SSSR count). The molecule has 2 saturated heterocycles. The maximum absolute atomic E-state index is 14.9. The van der Waals surface area contributed by atoms with Crippen LogP contribution in [0, 0.1) is 5.82 Å². The summed E-state index contributed by atoms with van der Waals surface area (Å²) in [5.41, 5.74) is 1.98. The lowest BCUT2D eigenvalue weighted by molar-refractivity contribution is 0.143. The number of cyclic esters (lactones) is 1. The number of ether oxygens (including phenoxy) is 1. The van der Waals surface area contributed by atoms with Crippen molar-refractivity contribution in [2.24, 2.45) is 5.10 Å². The third-order valence-corrected chi connectivity index (χ3v) is 6.19. The molecule has 0 spiro atoms. The smallest absolute Gasteiger partial charge is 0.414 e. The third kappa shape index (κ3) is 6.05. The average Bonchev–Trinajstić information content (AvgIpc) is 3.17. The Kier molecular flexibility index (Phi) is 6.89. The fourth-order valence-electron chi connectivity index (χ4n) is 3.76. The van der Waals surface area contributed by atoms with Crippen molar-refractivity contribution in [3.8, 4) is 11.1 Å². The van der Waals surface area contributed by atoms with Crippen molar-refractivity contribution in [2.45, 2.75) is 25.4 Å². The number of pyridine rings is 1. The Morgan fingerprint density at radius 1 is 1.24 bits per heavy atom. The fourth-order valence-corrected chi connectivity index (χ4v) is 4.25. The molecule has 1 N–H and O–H groups in total. The second-order valence-electron chi connectivity index (χ2n) is 8.13. The van der Waals surface area contributed by atoms with Crippen LogP contribution in [-0.4, -0.2) is 69.3 Å². The molecule has 11 heteroatoms. The highest BCUT2D eigenvalue weighted by Crippen LogP contribution is 2.28. The van der Waals surface area contributed by atoms with Gasteiger partial charge in [0.25, 0.3) is 0 Å². The van der Waals surface area contributed by atoms with E-state index in [0.29, 0.717) is 22.5 Å². The van der Waals surface area contributed by atoms with Crippen LogP contribution in [0.3, 0.4) is 0 Å². The summed E-state index contributed by atoms with van der Waals surface area (Å²) in [6.07, 6.45) is 6.55. The summed E-state index contributed by atoms with van der Waals surface area (Å²) in [6, 6.07) is 8.03. The number of hydrazone groups is 1. The molecule has 0 radical (unpaired) electrons. The van der Waals surface area contributed by atoms with E-state index >= 15 is 0 Å². The van der Waals surface area contributed by atoms with E-state index in [4.69, 9.17) is 4.74 Å². The lowest BCUT2D eigenvalue weighted by Gasteiger charge is -2.23. The number of nitrogens with zero attached hydrogens (tertiary/aromatic N) is 4. The number of hydrogen-bond acceptors (Lipinski definition) is 7. The van der Waals surface area contributed by atoms with Gasteiger partial charge < -0.3 is 4.74 Å². The fraction of sp³-hybridized carbons (Fsp3) is 0.409. The van der Waals surface area contributed by atoms with Gasteiger partial charge in [0.15, 0.2) is 0 Å². The van der Waals surface area contributed by atoms with Crippen LogP contribution >= 0.6 is 0 Å². The molecule has 176 valence electrons. The van der Waals surface area contributed by atoms with Gasteiger partial charge in [0.05, 0.1) is 30.4 Å². The minimum atomic E-state index is -3.40. The third-order valence-electron chi connectivity index (χ3n) is 5.49. The average molecular weight is 476 g/mol. The largest absolute Gasteiger partial charge is 0.443 e. The number of carbonyl (C=O) groups is 1. The predicted octanol–water partition coefficient (Wildman–Crippen LogP) is 2.58. The summed E-state index contributed by atoms with van der Waals surface area (Å²) in [5, 5.41) is 6.48. The molecule has 1 amide bonds. The van der Waals surface area contributed by atoms with Crippen LogP contribution in [0.1, 0.15) is 25.0 Å². The monoisotopic (exact) mass is 475 g/mol. The van der Waals surface area contributed by atoms with E-state index in [0.717, 1.165) is 32.2 Å². The standard InChI is InChI=1S/C22H26FN5O4S/c1-33(30,31)26-14-19-15-28(22(29)32-19)18-7-8-20(21(23)11-18)16-5-6-17(24-12-16)13-25-27-9-3-2-4-10-27/h5-8,11-13,19,26H,2-4,9-10,14-15H2,1H3/b25-13+/t19-/m0/s1. The normalized spacial score (nSPS) is 19.3. The number of sulfonamides is 1. The number of carbonyl (C=O) groups excluding carboxylic acids is 1. The van der Waals surface area contributed by atoms with Crippen LogP contribution in [0.5, 0.6) is 0 Å². The number of piperidine rings is 1. The van der Waals surface area contributed by atoms with Crippen LogP contribution in [0.2, 0.25) is 0 Å². The van der Waals surface area contributed by atoms with E-state index in [1.165, 1.54) is 17.4 Å². The number of hydrogen-bond donors (Lipinski definition) is 1. The molecule has 33 heavy (non-hydrogen) atoms. The first-order chi connectivity index (χ1) is 15.8. The molecule has 3 heterocycles. The number of halogens is 1. The zero-order valence-electron chi connectivity index (χ0n) is 18.3. The minimum absolute atomic E-state index is 0.0410. The molecule has 9 nitrogen and oxygen atoms in total. The molecule has 2 aliphatic rings. The zero-order valence-corrected chi connectivity index (χ0v) is 19.1. The second kappa shape index (κ2) is 9.84. The number of rotatable bonds is 7. The van der Waals surface area contributed by atoms with Gasteiger partial charge >= 0.3 is 6.09 Å². The highest BCUT2D eigenvalue weighted by Gasteiger charge is 2.33. The van der Waals surface area contributed by atoms with Gasteiger partial charge in [-0.2, -0.15) is 5.10 Å². The second-order valence-corrected chi connectivity index (χ2v) is 9.96. The number of anilines is 1. The van der Waals surface area contributed by atoms with Gasteiger partial charge in [-0.3, -0.25) is 14.9 Å². The number of amides is 1. The van der Waals surface area contributed by atoms with Gasteiger partial charge in [0, 0.05) is 37.0 Å². The Balaban J connectivity index is 1.42. The Morgan fingerprint density at radius 2 is 2.03 bits per heavy atom. The van der Waals surface area contributed by atoms with E-state index in [1.807, 2.05) is 5.01 Å². The number of nitrogens with one attached hydrogen (secondary N) is 1. The van der Waals surface area contributed by atoms with Crippen molar-refractivity contribution in [1.29, 1.82) is 0 Å². The molecule has 1 atom stereocenters. The molecule has 2 fully saturated rings. The minimum Gasteiger partial charge on any atom is -0.443 e. The summed E-state index contributed by atoms with van der Waals surface area (Å²) in [4.78, 5) is 17.8. The quantitative estimate of drug-likeness (QED) is 0.618. The number of aromatic nitrogens is 1. The molecule has 0 bridgehead atoms. The topological polar surface area (TPSA) is 104 Å². The van der Waals surface area contributed by atoms with E-state index in [1.54, 1.807) is 36.7 Å². The summed E-state index contributed by atoms with van der Waals surface area (Å²) < 4.78 is 44.8. The van der Waals surface area contributed by atoms with Gasteiger partial charge in [0.2, 0.25) is 10.0 Å². The lowest BCUT2D eigenvalue weighted by Crippen LogP contribution is -2.34. The van der Waals surface area contributed by atoms with Crippen molar-refractivity contribution >= 4 is 28.0 Å². The molecule has 0 unspecified atom stereocenters. The molecule has 1 aromatic heterocycles. The van der Waals surface area contributed by atoms with Crippen molar-refractivity contribution in [3.05, 3.63) is 48.0 Å². The summed E-state index contributed by atoms with van der Waals surface area (Å²) in [6.45, 7) is 1.98. The Hall–Kier alpha value is -3.05. The van der Waals surface area contributed by atoms with Crippen molar-refractivity contribution in [3.63, 3.8) is 0 Å². The van der Waals surface area contributed by atoms with Crippen molar-refractivity contribution in [2.75, 3.05) is 37.3 Å². The van der Waals surface area contributed by atoms with Gasteiger partial charge in [0.1, 0.15) is 11.9 Å². The maximum Gasteiger partial charge on any atom is 0.414 e. The van der Waals surface area contributed by atoms with Crippen LogP contribution in [0.4, 0.5) is 14.9 Å².